The van der Waals surface area contributed by atoms with Crippen molar-refractivity contribution in [2.45, 2.75) is 0 Å². The van der Waals surface area contributed by atoms with Crippen LogP contribution in [0.3, 0.4) is 0 Å². The van der Waals surface area contributed by atoms with E-state index in [4.69, 9.17) is 0 Å². The van der Waals surface area contributed by atoms with Crippen LogP contribution in [-0.2, 0) is 0 Å². The average Bonchev–Trinajstić information content (AvgIpc) is 3.00. The van der Waals surface area contributed by atoms with Gasteiger partial charge in [0.2, 0.25) is 11.6 Å². The molecule has 0 heterocycles. The van der Waals surface area contributed by atoms with E-state index in [1.807, 2.05) is 0 Å². The lowest BCUT2D eigenvalue weighted by atomic mass is 9.83. The summed E-state index contributed by atoms with van der Waals surface area (Å²) in [5.41, 5.74) is -10.3. The number of hydrogen-bond donors (Lipinski definition) is 0. The summed E-state index contributed by atoms with van der Waals surface area (Å²) in [6.45, 7) is 0. The van der Waals surface area contributed by atoms with E-state index in [1.165, 1.54) is 0 Å². The van der Waals surface area contributed by atoms with E-state index in [0.29, 0.717) is 0 Å². The molecule has 0 unspecified atom stereocenters. The smallest absolute Gasteiger partial charge is 0.200 e. The van der Waals surface area contributed by atoms with E-state index in [1.54, 1.807) is 0 Å². The molecule has 0 aromatic heterocycles. The first-order chi connectivity index (χ1) is 20.4. The minimum absolute atomic E-state index is 2.50. The van der Waals surface area contributed by atoms with Gasteiger partial charge in [-0.2, -0.15) is 0 Å². The van der Waals surface area contributed by atoms with Gasteiger partial charge in [0, 0.05) is 32.7 Å². The molecule has 0 radical (unpaired) electrons. The summed E-state index contributed by atoms with van der Waals surface area (Å²) in [6, 6.07) is 0. The fourth-order valence-electron chi connectivity index (χ4n) is 4.60. The van der Waals surface area contributed by atoms with Crippen LogP contribution in [0.2, 0.25) is 0 Å². The molecule has 5 aromatic carbocycles. The Morgan fingerprint density at radius 1 is 0.136 bits per heavy atom. The number of halogens is 18. The molecule has 5 rings (SSSR count). The molecule has 5 aromatic rings. The molecule has 0 spiro atoms. The Morgan fingerprint density at radius 3 is 0.455 bits per heavy atom. The van der Waals surface area contributed by atoms with Crippen LogP contribution < -0.4 is 0 Å². The van der Waals surface area contributed by atoms with E-state index in [-0.39, 0.29) is 0 Å². The van der Waals surface area contributed by atoms with Crippen LogP contribution in [0.1, 0.15) is 0 Å². The molecule has 230 valence electrons. The molecule has 0 nitrogen and oxygen atoms in total. The van der Waals surface area contributed by atoms with Crippen molar-refractivity contribution in [3.05, 3.63) is 105 Å². The monoisotopic (exact) mass is 654 g/mol. The molecule has 44 heavy (non-hydrogen) atoms. The Bertz CT molecular complexity index is 1860. The van der Waals surface area contributed by atoms with E-state index in [2.05, 4.69) is 0 Å². The van der Waals surface area contributed by atoms with Gasteiger partial charge in [-0.05, 0) is 0 Å². The second kappa shape index (κ2) is 9.95. The zero-order valence-electron chi connectivity index (χ0n) is 19.8. The highest BCUT2D eigenvalue weighted by Gasteiger charge is 2.39. The van der Waals surface area contributed by atoms with Gasteiger partial charge in [-0.1, -0.05) is 0 Å². The summed E-state index contributed by atoms with van der Waals surface area (Å²) in [7, 11) is 0. The molecule has 0 aliphatic heterocycles. The first kappa shape index (κ1) is 30.8. The minimum Gasteiger partial charge on any atom is -0.203 e. The third-order valence-electron chi connectivity index (χ3n) is 6.45. The summed E-state index contributed by atoms with van der Waals surface area (Å²) < 4.78 is 263. The number of hydrogen-bond acceptors (Lipinski definition) is 0. The van der Waals surface area contributed by atoms with Crippen LogP contribution in [0.5, 0.6) is 0 Å². The lowest BCUT2D eigenvalue weighted by Crippen LogP contribution is -2.11. The molecule has 0 amide bonds. The van der Waals surface area contributed by atoms with Gasteiger partial charge < -0.3 is 0 Å². The van der Waals surface area contributed by atoms with Crippen molar-refractivity contribution in [3.63, 3.8) is 0 Å². The largest absolute Gasteiger partial charge is 0.203 e. The van der Waals surface area contributed by atoms with Gasteiger partial charge in [0.1, 0.15) is 0 Å². The predicted molar refractivity (Wildman–Crippen MR) is 112 cm³/mol. The van der Waals surface area contributed by atoms with Crippen molar-refractivity contribution in [2.75, 3.05) is 0 Å². The Hall–Kier alpha value is -4.64. The quantitative estimate of drug-likeness (QED) is 0.0770. The van der Waals surface area contributed by atoms with Crippen LogP contribution in [0.25, 0.3) is 43.8 Å². The van der Waals surface area contributed by atoms with Crippen LogP contribution in [0.4, 0.5) is 79.0 Å². The molecule has 0 saturated carbocycles. The van der Waals surface area contributed by atoms with Gasteiger partial charge in [0.15, 0.2) is 93.1 Å². The summed E-state index contributed by atoms with van der Waals surface area (Å²) in [4.78, 5) is 0. The highest BCUT2D eigenvalue weighted by molar-refractivity contribution is 6.22. The highest BCUT2D eigenvalue weighted by atomic mass is 19.2. The number of benzene rings is 5. The molecule has 0 bridgehead atoms. The van der Waals surface area contributed by atoms with Crippen molar-refractivity contribution in [1.82, 2.24) is 0 Å². The topological polar surface area (TPSA) is 0 Å². The van der Waals surface area contributed by atoms with Crippen LogP contribution in [-0.4, -0.2) is 0 Å². The Kier molecular flexibility index (Phi) is 6.97. The molecule has 0 atom stereocenters. The second-order valence-electron chi connectivity index (χ2n) is 8.65. The zero-order valence-corrected chi connectivity index (χ0v) is 19.8. The summed E-state index contributed by atoms with van der Waals surface area (Å²) >= 11 is 0. The highest BCUT2D eigenvalue weighted by Crippen LogP contribution is 2.51. The van der Waals surface area contributed by atoms with E-state index >= 15 is 17.6 Å². The van der Waals surface area contributed by atoms with Gasteiger partial charge in [0.05, 0.1) is 11.1 Å². The van der Waals surface area contributed by atoms with Crippen molar-refractivity contribution in [3.8, 4) is 22.3 Å². The number of fused-ring (bicyclic) bond motifs is 2. The molecular weight excluding hydrogens is 654 g/mol. The van der Waals surface area contributed by atoms with E-state index in [0.717, 1.165) is 0 Å². The van der Waals surface area contributed by atoms with Gasteiger partial charge in [-0.25, -0.2) is 79.0 Å². The zero-order chi connectivity index (χ0) is 33.0. The molecular formula is C26F18. The van der Waals surface area contributed by atoms with Crippen LogP contribution in [0, 0.1) is 105 Å². The molecule has 0 fully saturated rings. The van der Waals surface area contributed by atoms with Gasteiger partial charge in [0.25, 0.3) is 0 Å². The van der Waals surface area contributed by atoms with Crippen molar-refractivity contribution < 1.29 is 79.0 Å². The Morgan fingerprint density at radius 2 is 0.273 bits per heavy atom. The molecule has 0 N–H and O–H groups in total. The summed E-state index contributed by atoms with van der Waals surface area (Å²) in [5.74, 6) is -55.0. The average molecular weight is 654 g/mol. The normalized spacial score (nSPS) is 11.9. The van der Waals surface area contributed by atoms with Crippen molar-refractivity contribution in [1.29, 1.82) is 0 Å². The first-order valence-corrected chi connectivity index (χ1v) is 10.9. The van der Waals surface area contributed by atoms with E-state index in [9.17, 15) is 61.5 Å². The predicted octanol–water partition coefficient (Wildman–Crippen LogP) is 9.83. The standard InChI is InChI=1S/C26F18/c27-9-3-1(7-13(31)21(39)25(43)22(40)14(7)32)4-6(12(30)20(38)18(36)10(4)28)2(5(3)11(29)19(37)17(9)35)8-15(33)23(41)26(44)24(42)16(8)34. The van der Waals surface area contributed by atoms with Crippen LogP contribution in [0.15, 0.2) is 0 Å². The molecule has 0 saturated heterocycles. The molecule has 0 aliphatic carbocycles. The first-order valence-electron chi connectivity index (χ1n) is 10.9. The van der Waals surface area contributed by atoms with Gasteiger partial charge >= 0.3 is 0 Å². The Balaban J connectivity index is 2.35. The van der Waals surface area contributed by atoms with Crippen molar-refractivity contribution in [2.24, 2.45) is 0 Å². The maximum Gasteiger partial charge on any atom is 0.200 e. The summed E-state index contributed by atoms with van der Waals surface area (Å²) in [6.07, 6.45) is 0. The van der Waals surface area contributed by atoms with Gasteiger partial charge in [-0.3, -0.25) is 0 Å². The maximum absolute atomic E-state index is 15.3. The fraction of sp³-hybridized carbons (Fsp3) is 0. The lowest BCUT2D eigenvalue weighted by molar-refractivity contribution is 0.381. The number of rotatable bonds is 2. The third-order valence-corrected chi connectivity index (χ3v) is 6.45. The maximum atomic E-state index is 15.3. The summed E-state index contributed by atoms with van der Waals surface area (Å²) in [5, 5.41) is -10.1. The molecule has 18 heteroatoms. The van der Waals surface area contributed by atoms with Gasteiger partial charge in [-0.15, -0.1) is 0 Å². The second-order valence-corrected chi connectivity index (χ2v) is 8.65. The van der Waals surface area contributed by atoms with Crippen molar-refractivity contribution >= 4 is 21.5 Å². The Labute approximate surface area is 228 Å². The fourth-order valence-corrected chi connectivity index (χ4v) is 4.60. The molecule has 0 aliphatic rings. The lowest BCUT2D eigenvalue weighted by Gasteiger charge is -2.22. The van der Waals surface area contributed by atoms with Crippen LogP contribution >= 0.6 is 0 Å². The SMILES string of the molecule is Fc1c(F)c(F)c(-c2c3c(F)c(F)c(F)c(F)c3c(-c3c(F)c(F)c(F)c(F)c3F)c3c(F)c(F)c(F)c(F)c23)c(F)c1F. The van der Waals surface area contributed by atoms with E-state index < -0.39 is 149 Å². The third kappa shape index (κ3) is 3.71. The minimum atomic E-state index is -3.08.